The van der Waals surface area contributed by atoms with Crippen molar-refractivity contribution in [3.8, 4) is 0 Å². The van der Waals surface area contributed by atoms with Crippen LogP contribution in [0.15, 0.2) is 23.9 Å². The fourth-order valence-electron chi connectivity index (χ4n) is 0.288. The van der Waals surface area contributed by atoms with Crippen molar-refractivity contribution >= 4 is 0 Å². The number of rotatable bonds is 2. The lowest BCUT2D eigenvalue weighted by Crippen LogP contribution is -2.20. The molecule has 2 heteroatoms. The van der Waals surface area contributed by atoms with Crippen molar-refractivity contribution < 1.29 is 0 Å². The Labute approximate surface area is 50.0 Å². The Morgan fingerprint density at radius 2 is 2.25 bits per heavy atom. The van der Waals surface area contributed by atoms with E-state index < -0.39 is 0 Å². The Bertz CT molecular complexity index is 114. The van der Waals surface area contributed by atoms with Crippen LogP contribution in [-0.2, 0) is 0 Å². The molecule has 0 aliphatic heterocycles. The standard InChI is InChI=1S/C6H12N2/c1-4-5(2)6(3)8-7/h4,8H,3,7H2,1-2H3/b5-4-. The topological polar surface area (TPSA) is 38.0 Å². The van der Waals surface area contributed by atoms with Crippen LogP contribution in [0, 0.1) is 0 Å². The normalized spacial score (nSPS) is 11.1. The van der Waals surface area contributed by atoms with Crippen molar-refractivity contribution in [2.45, 2.75) is 13.8 Å². The molecule has 0 atom stereocenters. The summed E-state index contributed by atoms with van der Waals surface area (Å²) in [6.45, 7) is 7.53. The van der Waals surface area contributed by atoms with Gasteiger partial charge in [0.1, 0.15) is 0 Å². The number of hydrogen-bond donors (Lipinski definition) is 2. The summed E-state index contributed by atoms with van der Waals surface area (Å²) < 4.78 is 0. The van der Waals surface area contributed by atoms with Gasteiger partial charge in [0, 0.05) is 5.70 Å². The molecule has 0 rings (SSSR count). The average Bonchev–Trinajstić information content (AvgIpc) is 1.84. The third-order valence-electron chi connectivity index (χ3n) is 1.08. The molecule has 0 radical (unpaired) electrons. The van der Waals surface area contributed by atoms with Gasteiger partial charge in [-0.15, -0.1) is 0 Å². The van der Waals surface area contributed by atoms with Gasteiger partial charge in [0.25, 0.3) is 0 Å². The van der Waals surface area contributed by atoms with E-state index in [2.05, 4.69) is 12.0 Å². The fraction of sp³-hybridized carbons (Fsp3) is 0.333. The zero-order valence-electron chi connectivity index (χ0n) is 5.36. The first-order valence-corrected chi connectivity index (χ1v) is 2.51. The van der Waals surface area contributed by atoms with Gasteiger partial charge < -0.3 is 5.43 Å². The minimum Gasteiger partial charge on any atom is -0.324 e. The lowest BCUT2D eigenvalue weighted by atomic mass is 10.2. The highest BCUT2D eigenvalue weighted by Crippen LogP contribution is 1.98. The van der Waals surface area contributed by atoms with Crippen molar-refractivity contribution in [1.29, 1.82) is 0 Å². The van der Waals surface area contributed by atoms with Crippen LogP contribution in [0.1, 0.15) is 13.8 Å². The Morgan fingerprint density at radius 1 is 1.75 bits per heavy atom. The van der Waals surface area contributed by atoms with Crippen molar-refractivity contribution in [2.75, 3.05) is 0 Å². The molecule has 0 saturated carbocycles. The summed E-state index contributed by atoms with van der Waals surface area (Å²) >= 11 is 0. The summed E-state index contributed by atoms with van der Waals surface area (Å²) in [4.78, 5) is 0. The molecule has 0 saturated heterocycles. The molecule has 0 amide bonds. The van der Waals surface area contributed by atoms with E-state index >= 15 is 0 Å². The second-order valence-electron chi connectivity index (χ2n) is 1.59. The third kappa shape index (κ3) is 1.80. The van der Waals surface area contributed by atoms with Gasteiger partial charge >= 0.3 is 0 Å². The number of hydrazine groups is 1. The number of nitrogens with two attached hydrogens (primary N) is 1. The Morgan fingerprint density at radius 3 is 2.38 bits per heavy atom. The molecule has 0 bridgehead atoms. The summed E-state index contributed by atoms with van der Waals surface area (Å²) in [6, 6.07) is 0. The van der Waals surface area contributed by atoms with Gasteiger partial charge in [0.15, 0.2) is 0 Å². The van der Waals surface area contributed by atoms with Crippen molar-refractivity contribution in [3.63, 3.8) is 0 Å². The molecule has 0 unspecified atom stereocenters. The Balaban J connectivity index is 3.83. The lowest BCUT2D eigenvalue weighted by Gasteiger charge is -2.01. The number of hydrogen-bond acceptors (Lipinski definition) is 2. The maximum Gasteiger partial charge on any atom is 0.0439 e. The van der Waals surface area contributed by atoms with Crippen LogP contribution in [0.25, 0.3) is 0 Å². The van der Waals surface area contributed by atoms with Gasteiger partial charge in [-0.25, -0.2) is 0 Å². The third-order valence-corrected chi connectivity index (χ3v) is 1.08. The van der Waals surface area contributed by atoms with Gasteiger partial charge in [-0.2, -0.15) is 0 Å². The quantitative estimate of drug-likeness (QED) is 0.317. The first-order valence-electron chi connectivity index (χ1n) is 2.51. The van der Waals surface area contributed by atoms with Crippen molar-refractivity contribution in [2.24, 2.45) is 5.84 Å². The molecule has 2 nitrogen and oxygen atoms in total. The van der Waals surface area contributed by atoms with Crippen LogP contribution in [0.5, 0.6) is 0 Å². The smallest absolute Gasteiger partial charge is 0.0439 e. The maximum absolute atomic E-state index is 5.06. The zero-order valence-corrected chi connectivity index (χ0v) is 5.36. The van der Waals surface area contributed by atoms with E-state index in [-0.39, 0.29) is 0 Å². The molecule has 0 aliphatic carbocycles. The summed E-state index contributed by atoms with van der Waals surface area (Å²) in [7, 11) is 0. The highest BCUT2D eigenvalue weighted by molar-refractivity contribution is 5.22. The van der Waals surface area contributed by atoms with Crippen LogP contribution >= 0.6 is 0 Å². The SMILES string of the molecule is C=C(NN)/C(C)=C\C. The van der Waals surface area contributed by atoms with Gasteiger partial charge in [0.05, 0.1) is 0 Å². The van der Waals surface area contributed by atoms with E-state index in [9.17, 15) is 0 Å². The lowest BCUT2D eigenvalue weighted by molar-refractivity contribution is 0.899. The zero-order chi connectivity index (χ0) is 6.57. The minimum atomic E-state index is 0.771. The Kier molecular flexibility index (Phi) is 2.96. The molecule has 46 valence electrons. The number of allylic oxidation sites excluding steroid dienone is 2. The molecule has 0 aliphatic rings. The van der Waals surface area contributed by atoms with Crippen molar-refractivity contribution in [3.05, 3.63) is 23.9 Å². The molecule has 0 aromatic carbocycles. The second kappa shape index (κ2) is 3.27. The van der Waals surface area contributed by atoms with Gasteiger partial charge in [0.2, 0.25) is 0 Å². The van der Waals surface area contributed by atoms with E-state index in [0.717, 1.165) is 11.3 Å². The molecular formula is C6H12N2. The molecule has 3 N–H and O–H groups in total. The maximum atomic E-state index is 5.06. The average molecular weight is 112 g/mol. The molecule has 0 fully saturated rings. The molecule has 0 heterocycles. The Hall–Kier alpha value is -0.760. The van der Waals surface area contributed by atoms with Crippen LogP contribution in [0.3, 0.4) is 0 Å². The molecule has 0 spiro atoms. The van der Waals surface area contributed by atoms with Gasteiger partial charge in [-0.1, -0.05) is 12.7 Å². The second-order valence-corrected chi connectivity index (χ2v) is 1.59. The summed E-state index contributed by atoms with van der Waals surface area (Å²) in [5, 5.41) is 0. The minimum absolute atomic E-state index is 0.771. The van der Waals surface area contributed by atoms with Gasteiger partial charge in [-0.3, -0.25) is 5.84 Å². The fourth-order valence-corrected chi connectivity index (χ4v) is 0.288. The summed E-state index contributed by atoms with van der Waals surface area (Å²) in [5.41, 5.74) is 4.30. The number of nitrogens with one attached hydrogen (secondary N) is 1. The van der Waals surface area contributed by atoms with E-state index in [0.29, 0.717) is 0 Å². The predicted octanol–water partition coefficient (Wildman–Crippen LogP) is 0.930. The predicted molar refractivity (Wildman–Crippen MR) is 35.9 cm³/mol. The summed E-state index contributed by atoms with van der Waals surface area (Å²) in [6.07, 6.45) is 1.95. The first-order chi connectivity index (χ1) is 3.72. The van der Waals surface area contributed by atoms with Crippen LogP contribution in [-0.4, -0.2) is 0 Å². The molecule has 8 heavy (non-hydrogen) atoms. The molecule has 0 aromatic rings. The largest absolute Gasteiger partial charge is 0.324 e. The first kappa shape index (κ1) is 7.24. The molecular weight excluding hydrogens is 100 g/mol. The highest BCUT2D eigenvalue weighted by atomic mass is 15.2. The van der Waals surface area contributed by atoms with Crippen LogP contribution in [0.4, 0.5) is 0 Å². The van der Waals surface area contributed by atoms with E-state index in [1.54, 1.807) is 0 Å². The summed E-state index contributed by atoms with van der Waals surface area (Å²) in [5.74, 6) is 5.06. The highest BCUT2D eigenvalue weighted by Gasteiger charge is 1.87. The van der Waals surface area contributed by atoms with Crippen LogP contribution in [0.2, 0.25) is 0 Å². The monoisotopic (exact) mass is 112 g/mol. The van der Waals surface area contributed by atoms with Crippen molar-refractivity contribution in [1.82, 2.24) is 5.43 Å². The van der Waals surface area contributed by atoms with Crippen LogP contribution < -0.4 is 11.3 Å². The van der Waals surface area contributed by atoms with E-state index in [4.69, 9.17) is 5.84 Å². The van der Waals surface area contributed by atoms with E-state index in [1.807, 2.05) is 19.9 Å². The van der Waals surface area contributed by atoms with E-state index in [1.165, 1.54) is 0 Å². The van der Waals surface area contributed by atoms with Gasteiger partial charge in [-0.05, 0) is 19.4 Å². The molecule has 0 aromatic heterocycles.